The number of nitrogens with one attached hydrogen (secondary N) is 4. The van der Waals surface area contributed by atoms with Crippen molar-refractivity contribution in [1.82, 2.24) is 26.2 Å². The minimum Gasteiger partial charge on any atom is -0.480 e. The molecule has 220 valence electrons. The van der Waals surface area contributed by atoms with Crippen LogP contribution in [0.15, 0.2) is 0 Å². The number of carboxylic acids is 1. The molecule has 1 saturated heterocycles. The van der Waals surface area contributed by atoms with E-state index in [-0.39, 0.29) is 18.9 Å². The molecule has 6 amide bonds. The van der Waals surface area contributed by atoms with Crippen LogP contribution in [0.5, 0.6) is 0 Å². The molecular weight excluding hydrogens is 518 g/mol. The molecule has 16 heteroatoms. The second kappa shape index (κ2) is 15.6. The fourth-order valence-electron chi connectivity index (χ4n) is 3.94. The van der Waals surface area contributed by atoms with Crippen molar-refractivity contribution >= 4 is 41.4 Å². The van der Waals surface area contributed by atoms with Crippen molar-refractivity contribution in [2.24, 2.45) is 17.4 Å². The van der Waals surface area contributed by atoms with Crippen molar-refractivity contribution in [1.29, 1.82) is 0 Å². The van der Waals surface area contributed by atoms with Crippen LogP contribution in [0.3, 0.4) is 0 Å². The van der Waals surface area contributed by atoms with Gasteiger partial charge in [-0.2, -0.15) is 0 Å². The Morgan fingerprint density at radius 1 is 0.974 bits per heavy atom. The van der Waals surface area contributed by atoms with E-state index in [4.69, 9.17) is 16.6 Å². The Morgan fingerprint density at radius 3 is 2.13 bits per heavy atom. The monoisotopic (exact) mass is 557 g/mol. The number of nitrogens with two attached hydrogens (primary N) is 2. The van der Waals surface area contributed by atoms with Gasteiger partial charge in [0, 0.05) is 6.54 Å². The molecule has 1 aliphatic rings. The predicted molar refractivity (Wildman–Crippen MR) is 135 cm³/mol. The van der Waals surface area contributed by atoms with Crippen molar-refractivity contribution < 1.29 is 43.8 Å². The van der Waals surface area contributed by atoms with Crippen LogP contribution in [0.25, 0.3) is 0 Å². The van der Waals surface area contributed by atoms with Crippen LogP contribution in [0.4, 0.5) is 0 Å². The van der Waals surface area contributed by atoms with E-state index < -0.39 is 91.2 Å². The summed E-state index contributed by atoms with van der Waals surface area (Å²) < 4.78 is 0. The number of carbonyl (C=O) groups excluding carboxylic acids is 6. The normalized spacial score (nSPS) is 17.9. The fraction of sp³-hybridized carbons (Fsp3) is 0.696. The lowest BCUT2D eigenvalue weighted by molar-refractivity contribution is -0.144. The third-order valence-electron chi connectivity index (χ3n) is 5.85. The number of hydrogen-bond donors (Lipinski definition) is 8. The molecule has 5 unspecified atom stereocenters. The maximum absolute atomic E-state index is 13.2. The third-order valence-corrected chi connectivity index (χ3v) is 5.85. The first-order valence-corrected chi connectivity index (χ1v) is 12.5. The number of nitrogens with zero attached hydrogens (tertiary/aromatic N) is 1. The Morgan fingerprint density at radius 2 is 1.59 bits per heavy atom. The summed E-state index contributed by atoms with van der Waals surface area (Å²) in [5, 5.41) is 27.4. The minimum atomic E-state index is -1.56. The van der Waals surface area contributed by atoms with Gasteiger partial charge in [-0.3, -0.25) is 28.8 Å². The number of rotatable bonds is 15. The zero-order valence-electron chi connectivity index (χ0n) is 22.3. The van der Waals surface area contributed by atoms with Crippen LogP contribution in [0, 0.1) is 5.92 Å². The molecule has 1 heterocycles. The van der Waals surface area contributed by atoms with Gasteiger partial charge in [0.1, 0.15) is 12.1 Å². The van der Waals surface area contributed by atoms with E-state index in [9.17, 15) is 38.7 Å². The average Bonchev–Trinajstić information content (AvgIpc) is 3.32. The largest absolute Gasteiger partial charge is 0.480 e. The molecule has 1 rings (SSSR count). The summed E-state index contributed by atoms with van der Waals surface area (Å²) in [5.74, 6) is -5.81. The first kappa shape index (κ1) is 33.2. The maximum Gasteiger partial charge on any atom is 0.328 e. The van der Waals surface area contributed by atoms with Crippen molar-refractivity contribution in [3.05, 3.63) is 0 Å². The van der Waals surface area contributed by atoms with E-state index in [1.165, 1.54) is 11.8 Å². The molecule has 0 spiro atoms. The number of primary amides is 1. The number of carbonyl (C=O) groups is 7. The van der Waals surface area contributed by atoms with Gasteiger partial charge >= 0.3 is 5.97 Å². The number of carboxylic acid groups (broad SMARTS) is 1. The van der Waals surface area contributed by atoms with Crippen LogP contribution < -0.4 is 32.7 Å². The minimum absolute atomic E-state index is 0.111. The van der Waals surface area contributed by atoms with Crippen LogP contribution in [0.2, 0.25) is 0 Å². The molecular formula is C23H39N7O9. The predicted octanol–water partition coefficient (Wildman–Crippen LogP) is -4.11. The van der Waals surface area contributed by atoms with Gasteiger partial charge in [0.05, 0.1) is 31.7 Å². The van der Waals surface area contributed by atoms with Crippen LogP contribution >= 0.6 is 0 Å². The second-order valence-electron chi connectivity index (χ2n) is 9.78. The van der Waals surface area contributed by atoms with E-state index in [1.54, 1.807) is 0 Å². The van der Waals surface area contributed by atoms with Gasteiger partial charge in [-0.1, -0.05) is 13.8 Å². The first-order chi connectivity index (χ1) is 18.1. The van der Waals surface area contributed by atoms with E-state index >= 15 is 0 Å². The molecule has 0 aromatic heterocycles. The molecule has 10 N–H and O–H groups in total. The number of aliphatic hydroxyl groups is 1. The molecule has 1 fully saturated rings. The highest BCUT2D eigenvalue weighted by atomic mass is 16.4. The Labute approximate surface area is 225 Å². The highest BCUT2D eigenvalue weighted by molar-refractivity contribution is 5.96. The van der Waals surface area contributed by atoms with Crippen molar-refractivity contribution in [3.8, 4) is 0 Å². The summed E-state index contributed by atoms with van der Waals surface area (Å²) >= 11 is 0. The lowest BCUT2D eigenvalue weighted by atomic mass is 10.0. The molecule has 0 aromatic rings. The Balaban J connectivity index is 2.70. The molecule has 0 bridgehead atoms. The van der Waals surface area contributed by atoms with Crippen LogP contribution in [-0.4, -0.2) is 106 Å². The van der Waals surface area contributed by atoms with Gasteiger partial charge < -0.3 is 47.8 Å². The Hall–Kier alpha value is -3.79. The number of amides is 6. The molecule has 39 heavy (non-hydrogen) atoms. The van der Waals surface area contributed by atoms with Crippen molar-refractivity contribution in [3.63, 3.8) is 0 Å². The maximum atomic E-state index is 13.2. The lowest BCUT2D eigenvalue weighted by Gasteiger charge is -2.29. The lowest BCUT2D eigenvalue weighted by Crippen LogP contribution is -2.57. The Bertz CT molecular complexity index is 941. The molecule has 0 radical (unpaired) electrons. The van der Waals surface area contributed by atoms with Gasteiger partial charge in [-0.15, -0.1) is 0 Å². The molecule has 5 atom stereocenters. The van der Waals surface area contributed by atoms with Gasteiger partial charge in [-0.25, -0.2) is 4.79 Å². The summed E-state index contributed by atoms with van der Waals surface area (Å²) in [6.45, 7) is 3.93. The van der Waals surface area contributed by atoms with E-state index in [1.807, 2.05) is 19.2 Å². The summed E-state index contributed by atoms with van der Waals surface area (Å²) in [5.41, 5.74) is 11.1. The van der Waals surface area contributed by atoms with E-state index in [0.717, 1.165) is 0 Å². The van der Waals surface area contributed by atoms with Gasteiger partial charge in [0.2, 0.25) is 35.4 Å². The molecule has 0 saturated carbocycles. The van der Waals surface area contributed by atoms with Crippen LogP contribution in [0.1, 0.15) is 46.5 Å². The third kappa shape index (κ3) is 11.2. The zero-order valence-corrected chi connectivity index (χ0v) is 22.3. The first-order valence-electron chi connectivity index (χ1n) is 12.5. The van der Waals surface area contributed by atoms with Gasteiger partial charge in [0.15, 0.2) is 6.04 Å². The van der Waals surface area contributed by atoms with Gasteiger partial charge in [-0.05, 0) is 32.1 Å². The highest BCUT2D eigenvalue weighted by Crippen LogP contribution is 2.19. The fourth-order valence-corrected chi connectivity index (χ4v) is 3.94. The Kier molecular flexibility index (Phi) is 13.3. The zero-order chi connectivity index (χ0) is 29.9. The van der Waals surface area contributed by atoms with Crippen molar-refractivity contribution in [2.75, 3.05) is 19.6 Å². The molecule has 0 aliphatic carbocycles. The van der Waals surface area contributed by atoms with Gasteiger partial charge in [0.25, 0.3) is 0 Å². The molecule has 0 aromatic carbocycles. The summed E-state index contributed by atoms with van der Waals surface area (Å²) in [4.78, 5) is 86.1. The second-order valence-corrected chi connectivity index (χ2v) is 9.78. The van der Waals surface area contributed by atoms with Crippen LogP contribution in [-0.2, 0) is 33.6 Å². The number of aliphatic hydroxyl groups excluding tert-OH is 1. The molecule has 1 aliphatic heterocycles. The topological polar surface area (TPSA) is 263 Å². The smallest absolute Gasteiger partial charge is 0.328 e. The number of aliphatic carboxylic acids is 1. The quantitative estimate of drug-likeness (QED) is 0.0964. The highest BCUT2D eigenvalue weighted by Gasteiger charge is 2.38. The summed E-state index contributed by atoms with van der Waals surface area (Å²) in [6.07, 6.45) is -0.795. The average molecular weight is 558 g/mol. The molecule has 16 nitrogen and oxygen atoms in total. The standard InChI is InChI=1S/C23H39N7O9/c1-11(2)7-13(24)20(35)28-14(8-16(25)32)22(37)30-6-4-5-15(30)21(36)27-9-17(33)26-10-18(34)29-19(12(3)31)23(38)39/h11-15,19,31H,4-10,24H2,1-3H3,(H2,25,32)(H,26,33)(H,27,36)(H,28,35)(H,29,34)(H,38,39). The summed E-state index contributed by atoms with van der Waals surface area (Å²) in [6, 6.07) is -4.77. The number of likely N-dealkylation sites (tertiary alicyclic amines) is 1. The SMILES string of the molecule is CC(C)CC(N)C(=O)NC(CC(N)=O)C(=O)N1CCCC1C(=O)NCC(=O)NCC(=O)NC(C(=O)O)C(C)O. The summed E-state index contributed by atoms with van der Waals surface area (Å²) in [7, 11) is 0. The number of hydrogen-bond acceptors (Lipinski definition) is 9. The van der Waals surface area contributed by atoms with E-state index in [2.05, 4.69) is 16.0 Å². The van der Waals surface area contributed by atoms with Crippen molar-refractivity contribution in [2.45, 2.75) is 76.7 Å². The van der Waals surface area contributed by atoms with E-state index in [0.29, 0.717) is 12.8 Å².